The first-order valence-corrected chi connectivity index (χ1v) is 8.33. The average Bonchev–Trinajstić information content (AvgIpc) is 3.03. The Hall–Kier alpha value is -1.72. The first-order chi connectivity index (χ1) is 10.7. The molecular formula is C16H20ClN3OS. The number of hydrogen-bond donors (Lipinski definition) is 2. The summed E-state index contributed by atoms with van der Waals surface area (Å²) in [6.07, 6.45) is -0.0276. The minimum absolute atomic E-state index is 0.0276. The normalized spacial score (nSPS) is 12.8. The number of nitrogens with zero attached hydrogens (tertiary/aromatic N) is 1. The minimum atomic E-state index is -0.0276. The van der Waals surface area contributed by atoms with Gasteiger partial charge in [-0.25, -0.2) is 0 Å². The van der Waals surface area contributed by atoms with Crippen molar-refractivity contribution in [1.29, 1.82) is 0 Å². The zero-order chi connectivity index (χ0) is 15.8. The zero-order valence-electron chi connectivity index (χ0n) is 12.7. The maximum absolute atomic E-state index is 6.08. The van der Waals surface area contributed by atoms with Gasteiger partial charge in [-0.05, 0) is 30.5 Å². The minimum Gasteiger partial charge on any atom is -0.487 e. The van der Waals surface area contributed by atoms with E-state index in [0.717, 1.165) is 12.5 Å². The van der Waals surface area contributed by atoms with Crippen LogP contribution in [0.4, 0.5) is 0 Å². The summed E-state index contributed by atoms with van der Waals surface area (Å²) in [6.45, 7) is 3.38. The summed E-state index contributed by atoms with van der Waals surface area (Å²) in [5.41, 5.74) is 0. The summed E-state index contributed by atoms with van der Waals surface area (Å²) in [6, 6.07) is 11.6. The Labute approximate surface area is 140 Å². The summed E-state index contributed by atoms with van der Waals surface area (Å²) in [5.74, 6) is 1.45. The molecule has 2 N–H and O–H groups in total. The van der Waals surface area contributed by atoms with Crippen molar-refractivity contribution in [2.24, 2.45) is 4.99 Å². The van der Waals surface area contributed by atoms with Crippen LogP contribution in [0.25, 0.3) is 0 Å². The van der Waals surface area contributed by atoms with Crippen LogP contribution in [0.3, 0.4) is 0 Å². The van der Waals surface area contributed by atoms with Crippen LogP contribution in [0.2, 0.25) is 5.02 Å². The average molecular weight is 338 g/mol. The van der Waals surface area contributed by atoms with E-state index in [1.54, 1.807) is 18.4 Å². The smallest absolute Gasteiger partial charge is 0.191 e. The number of ether oxygens (including phenoxy) is 1. The third-order valence-electron chi connectivity index (χ3n) is 2.96. The lowest BCUT2D eigenvalue weighted by Crippen LogP contribution is -2.41. The molecule has 1 atom stereocenters. The second-order valence-electron chi connectivity index (χ2n) is 4.74. The largest absolute Gasteiger partial charge is 0.487 e. The molecule has 0 aliphatic rings. The molecule has 0 saturated heterocycles. The van der Waals surface area contributed by atoms with Gasteiger partial charge in [-0.15, -0.1) is 11.3 Å². The predicted octanol–water partition coefficient (Wildman–Crippen LogP) is 3.53. The van der Waals surface area contributed by atoms with Crippen LogP contribution in [0.5, 0.6) is 5.75 Å². The summed E-state index contributed by atoms with van der Waals surface area (Å²) >= 11 is 7.80. The summed E-state index contributed by atoms with van der Waals surface area (Å²) in [5, 5.41) is 9.20. The van der Waals surface area contributed by atoms with Gasteiger partial charge in [-0.1, -0.05) is 29.8 Å². The Morgan fingerprint density at radius 1 is 1.27 bits per heavy atom. The number of hydrogen-bond acceptors (Lipinski definition) is 3. The zero-order valence-corrected chi connectivity index (χ0v) is 14.2. The van der Waals surface area contributed by atoms with Gasteiger partial charge in [0.2, 0.25) is 0 Å². The lowest BCUT2D eigenvalue weighted by atomic mass is 10.3. The van der Waals surface area contributed by atoms with Crippen LogP contribution in [0, 0.1) is 0 Å². The van der Waals surface area contributed by atoms with Crippen molar-refractivity contribution in [1.82, 2.24) is 10.6 Å². The highest BCUT2D eigenvalue weighted by molar-refractivity contribution is 7.09. The molecule has 118 valence electrons. The first kappa shape index (κ1) is 16.6. The molecule has 4 nitrogen and oxygen atoms in total. The van der Waals surface area contributed by atoms with Gasteiger partial charge in [0, 0.05) is 11.9 Å². The van der Waals surface area contributed by atoms with E-state index in [1.807, 2.05) is 37.3 Å². The van der Waals surface area contributed by atoms with Crippen molar-refractivity contribution in [2.45, 2.75) is 19.6 Å². The third kappa shape index (κ3) is 5.24. The molecule has 0 spiro atoms. The number of thiophene rings is 1. The Kier molecular flexibility index (Phi) is 6.55. The van der Waals surface area contributed by atoms with E-state index in [-0.39, 0.29) is 6.10 Å². The number of para-hydroxylation sites is 1. The molecule has 0 saturated carbocycles. The van der Waals surface area contributed by atoms with E-state index in [9.17, 15) is 0 Å². The fourth-order valence-electron chi connectivity index (χ4n) is 1.84. The van der Waals surface area contributed by atoms with E-state index in [0.29, 0.717) is 17.3 Å². The molecule has 0 amide bonds. The van der Waals surface area contributed by atoms with E-state index in [1.165, 1.54) is 4.88 Å². The van der Waals surface area contributed by atoms with Crippen molar-refractivity contribution < 1.29 is 4.74 Å². The molecule has 0 fully saturated rings. The fourth-order valence-corrected chi connectivity index (χ4v) is 2.67. The van der Waals surface area contributed by atoms with Crippen LogP contribution >= 0.6 is 22.9 Å². The summed E-state index contributed by atoms with van der Waals surface area (Å²) in [4.78, 5) is 5.47. The summed E-state index contributed by atoms with van der Waals surface area (Å²) in [7, 11) is 1.75. The van der Waals surface area contributed by atoms with Crippen molar-refractivity contribution in [3.05, 3.63) is 51.7 Å². The molecule has 6 heteroatoms. The van der Waals surface area contributed by atoms with E-state index < -0.39 is 0 Å². The number of benzene rings is 1. The maximum Gasteiger partial charge on any atom is 0.191 e. The van der Waals surface area contributed by atoms with Gasteiger partial charge >= 0.3 is 0 Å². The van der Waals surface area contributed by atoms with Crippen LogP contribution in [-0.2, 0) is 6.54 Å². The van der Waals surface area contributed by atoms with Gasteiger partial charge in [0.1, 0.15) is 11.9 Å². The number of halogens is 1. The number of rotatable bonds is 6. The SMILES string of the molecule is CN=C(NCc1cccs1)NCC(C)Oc1ccccc1Cl. The lowest BCUT2D eigenvalue weighted by Gasteiger charge is -2.18. The molecule has 1 aromatic heterocycles. The Morgan fingerprint density at radius 2 is 2.09 bits per heavy atom. The Morgan fingerprint density at radius 3 is 2.77 bits per heavy atom. The Balaban J connectivity index is 1.76. The highest BCUT2D eigenvalue weighted by atomic mass is 35.5. The molecule has 1 unspecified atom stereocenters. The molecule has 0 bridgehead atoms. The van der Waals surface area contributed by atoms with Crippen LogP contribution in [-0.4, -0.2) is 25.7 Å². The van der Waals surface area contributed by atoms with Crippen molar-refractivity contribution >= 4 is 28.9 Å². The fraction of sp³-hybridized carbons (Fsp3) is 0.312. The first-order valence-electron chi connectivity index (χ1n) is 7.07. The molecular weight excluding hydrogens is 318 g/mol. The van der Waals surface area contributed by atoms with Crippen LogP contribution in [0.1, 0.15) is 11.8 Å². The van der Waals surface area contributed by atoms with Gasteiger partial charge in [0.05, 0.1) is 18.1 Å². The standard InChI is InChI=1S/C16H20ClN3OS/c1-12(21-15-8-4-3-7-14(15)17)10-19-16(18-2)20-11-13-6-5-9-22-13/h3-9,12H,10-11H2,1-2H3,(H2,18,19,20). The van der Waals surface area contributed by atoms with Crippen LogP contribution in [0.15, 0.2) is 46.8 Å². The molecule has 1 heterocycles. The molecule has 2 aromatic rings. The molecule has 2 rings (SSSR count). The predicted molar refractivity (Wildman–Crippen MR) is 94.1 cm³/mol. The number of aliphatic imine (C=N–C) groups is 1. The molecule has 0 aliphatic heterocycles. The summed E-state index contributed by atoms with van der Waals surface area (Å²) < 4.78 is 5.82. The number of nitrogens with one attached hydrogen (secondary N) is 2. The second kappa shape index (κ2) is 8.66. The Bertz CT molecular complexity index is 601. The highest BCUT2D eigenvalue weighted by Crippen LogP contribution is 2.23. The topological polar surface area (TPSA) is 45.7 Å². The van der Waals surface area contributed by atoms with E-state index in [2.05, 4.69) is 27.1 Å². The lowest BCUT2D eigenvalue weighted by molar-refractivity contribution is 0.224. The van der Waals surface area contributed by atoms with Gasteiger partial charge in [0.25, 0.3) is 0 Å². The van der Waals surface area contributed by atoms with E-state index >= 15 is 0 Å². The van der Waals surface area contributed by atoms with Crippen molar-refractivity contribution in [3.8, 4) is 5.75 Å². The second-order valence-corrected chi connectivity index (χ2v) is 6.18. The van der Waals surface area contributed by atoms with Crippen molar-refractivity contribution in [2.75, 3.05) is 13.6 Å². The van der Waals surface area contributed by atoms with E-state index in [4.69, 9.17) is 16.3 Å². The van der Waals surface area contributed by atoms with Crippen molar-refractivity contribution in [3.63, 3.8) is 0 Å². The van der Waals surface area contributed by atoms with Gasteiger partial charge in [-0.2, -0.15) is 0 Å². The number of guanidine groups is 1. The molecule has 22 heavy (non-hydrogen) atoms. The van der Waals surface area contributed by atoms with Gasteiger partial charge < -0.3 is 15.4 Å². The maximum atomic E-state index is 6.08. The van der Waals surface area contributed by atoms with Gasteiger partial charge in [0.15, 0.2) is 5.96 Å². The molecule has 0 radical (unpaired) electrons. The third-order valence-corrected chi connectivity index (χ3v) is 4.14. The highest BCUT2D eigenvalue weighted by Gasteiger charge is 2.08. The molecule has 0 aliphatic carbocycles. The van der Waals surface area contributed by atoms with Gasteiger partial charge in [-0.3, -0.25) is 4.99 Å². The van der Waals surface area contributed by atoms with Crippen LogP contribution < -0.4 is 15.4 Å². The molecule has 1 aromatic carbocycles. The monoisotopic (exact) mass is 337 g/mol. The quantitative estimate of drug-likeness (QED) is 0.626.